The molecule has 1 aliphatic carbocycles. The molecule has 4 aliphatic rings. The second kappa shape index (κ2) is 4.16. The second-order valence-electron chi connectivity index (χ2n) is 5.30. The average Bonchev–Trinajstić information content (AvgIpc) is 3.21. The van der Waals surface area contributed by atoms with Gasteiger partial charge >= 0.3 is 11.9 Å². The number of carbonyl (C=O) groups is 2. The monoisotopic (exact) mass is 270 g/mol. The molecule has 7 heteroatoms. The molecule has 3 heterocycles. The van der Waals surface area contributed by atoms with E-state index in [4.69, 9.17) is 23.7 Å². The van der Waals surface area contributed by atoms with E-state index in [0.717, 1.165) is 0 Å². The Hall–Kier alpha value is -1.18. The summed E-state index contributed by atoms with van der Waals surface area (Å²) in [6, 6.07) is 0. The smallest absolute Gasteiger partial charge is 0.312 e. The lowest BCUT2D eigenvalue weighted by atomic mass is 9.79. The Bertz CT molecular complexity index is 376. The number of epoxide rings is 3. The van der Waals surface area contributed by atoms with Crippen LogP contribution in [0.15, 0.2) is 0 Å². The van der Waals surface area contributed by atoms with E-state index in [1.54, 1.807) is 0 Å². The number of rotatable bonds is 4. The Morgan fingerprint density at radius 2 is 1.26 bits per heavy atom. The second-order valence-corrected chi connectivity index (χ2v) is 5.30. The van der Waals surface area contributed by atoms with Crippen LogP contribution in [0.2, 0.25) is 0 Å². The third-order valence-corrected chi connectivity index (χ3v) is 3.85. The van der Waals surface area contributed by atoms with Crippen LogP contribution in [0, 0.1) is 11.8 Å². The highest BCUT2D eigenvalue weighted by Gasteiger charge is 2.54. The normalized spacial score (nSPS) is 45.9. The molecule has 3 saturated heterocycles. The highest BCUT2D eigenvalue weighted by Crippen LogP contribution is 2.44. The first-order valence-electron chi connectivity index (χ1n) is 6.50. The number of esters is 2. The van der Waals surface area contributed by atoms with Crippen LogP contribution < -0.4 is 0 Å². The van der Waals surface area contributed by atoms with Crippen molar-refractivity contribution in [2.45, 2.75) is 37.6 Å². The molecule has 1 saturated carbocycles. The lowest BCUT2D eigenvalue weighted by Crippen LogP contribution is -2.38. The molecule has 0 spiro atoms. The molecule has 3 aliphatic heterocycles. The molecule has 0 N–H and O–H groups in total. The molecule has 6 atom stereocenters. The van der Waals surface area contributed by atoms with Gasteiger partial charge in [-0.2, -0.15) is 0 Å². The SMILES string of the molecule is O=C(OC1CO1)C1CC2OC2CC1C(=O)OC1CO1. The summed E-state index contributed by atoms with van der Waals surface area (Å²) in [6.45, 7) is 0.873. The Kier molecular flexibility index (Phi) is 2.54. The van der Waals surface area contributed by atoms with E-state index in [2.05, 4.69) is 0 Å². The Morgan fingerprint density at radius 3 is 1.63 bits per heavy atom. The molecule has 0 aromatic carbocycles. The van der Waals surface area contributed by atoms with Crippen molar-refractivity contribution in [2.24, 2.45) is 11.8 Å². The fourth-order valence-electron chi connectivity index (χ4n) is 2.59. The van der Waals surface area contributed by atoms with E-state index in [1.807, 2.05) is 0 Å². The third kappa shape index (κ3) is 2.45. The van der Waals surface area contributed by atoms with Crippen LogP contribution in [-0.2, 0) is 33.3 Å². The molecule has 7 nitrogen and oxygen atoms in total. The van der Waals surface area contributed by atoms with Gasteiger partial charge in [-0.1, -0.05) is 0 Å². The van der Waals surface area contributed by atoms with E-state index in [9.17, 15) is 9.59 Å². The zero-order valence-corrected chi connectivity index (χ0v) is 10.2. The van der Waals surface area contributed by atoms with Gasteiger partial charge < -0.3 is 23.7 Å². The van der Waals surface area contributed by atoms with Crippen LogP contribution in [0.1, 0.15) is 12.8 Å². The van der Waals surface area contributed by atoms with E-state index < -0.39 is 36.4 Å². The van der Waals surface area contributed by atoms with Crippen molar-refractivity contribution in [1.82, 2.24) is 0 Å². The van der Waals surface area contributed by atoms with Crippen LogP contribution in [0.3, 0.4) is 0 Å². The maximum atomic E-state index is 12.0. The van der Waals surface area contributed by atoms with Crippen molar-refractivity contribution in [3.63, 3.8) is 0 Å². The molecular formula is C12H14O7. The van der Waals surface area contributed by atoms with Gasteiger partial charge in [0.2, 0.25) is 12.6 Å². The fraction of sp³-hybridized carbons (Fsp3) is 0.833. The van der Waals surface area contributed by atoms with Gasteiger partial charge in [-0.05, 0) is 12.8 Å². The van der Waals surface area contributed by atoms with Crippen molar-refractivity contribution < 1.29 is 33.3 Å². The first kappa shape index (κ1) is 11.6. The van der Waals surface area contributed by atoms with Gasteiger partial charge in [-0.3, -0.25) is 9.59 Å². The summed E-state index contributed by atoms with van der Waals surface area (Å²) in [6.07, 6.45) is 0.323. The van der Waals surface area contributed by atoms with E-state index in [1.165, 1.54) is 0 Å². The van der Waals surface area contributed by atoms with E-state index >= 15 is 0 Å². The van der Waals surface area contributed by atoms with Crippen LogP contribution in [0.5, 0.6) is 0 Å². The molecular weight excluding hydrogens is 256 g/mol. The van der Waals surface area contributed by atoms with Crippen LogP contribution in [0.4, 0.5) is 0 Å². The van der Waals surface area contributed by atoms with Crippen molar-refractivity contribution >= 4 is 11.9 Å². The fourth-order valence-corrected chi connectivity index (χ4v) is 2.59. The average molecular weight is 270 g/mol. The maximum absolute atomic E-state index is 12.0. The Morgan fingerprint density at radius 1 is 0.842 bits per heavy atom. The topological polar surface area (TPSA) is 90.2 Å². The molecule has 0 bridgehead atoms. The molecule has 4 fully saturated rings. The molecule has 4 rings (SSSR count). The highest BCUT2D eigenvalue weighted by molar-refractivity contribution is 5.83. The molecule has 0 amide bonds. The minimum absolute atomic E-state index is 0.0823. The predicted molar refractivity (Wildman–Crippen MR) is 56.5 cm³/mol. The van der Waals surface area contributed by atoms with Crippen LogP contribution in [0.25, 0.3) is 0 Å². The summed E-state index contributed by atoms with van der Waals surface area (Å²) in [5, 5.41) is 0. The summed E-state index contributed by atoms with van der Waals surface area (Å²) >= 11 is 0. The molecule has 0 aromatic rings. The maximum Gasteiger partial charge on any atom is 0.312 e. The zero-order chi connectivity index (χ0) is 13.0. The minimum Gasteiger partial charge on any atom is -0.433 e. The minimum atomic E-state index is -0.501. The van der Waals surface area contributed by atoms with E-state index in [-0.39, 0.29) is 12.2 Å². The molecule has 6 unspecified atom stereocenters. The van der Waals surface area contributed by atoms with Gasteiger partial charge in [0.15, 0.2) is 0 Å². The van der Waals surface area contributed by atoms with E-state index in [0.29, 0.717) is 26.1 Å². The predicted octanol–water partition coefficient (Wildman–Crippen LogP) is -0.421. The quantitative estimate of drug-likeness (QED) is 0.506. The van der Waals surface area contributed by atoms with Crippen molar-refractivity contribution in [2.75, 3.05) is 13.2 Å². The van der Waals surface area contributed by atoms with Gasteiger partial charge in [-0.25, -0.2) is 0 Å². The Labute approximate surface area is 109 Å². The van der Waals surface area contributed by atoms with Crippen molar-refractivity contribution in [1.29, 1.82) is 0 Å². The molecule has 19 heavy (non-hydrogen) atoms. The standard InChI is InChI=1S/C12H14O7/c13-11(18-9-3-15-9)5-1-7-8(17-7)2-6(5)12(14)19-10-4-16-10/h5-10H,1-4H2. The largest absolute Gasteiger partial charge is 0.433 e. The van der Waals surface area contributed by atoms with Gasteiger partial charge in [0, 0.05) is 0 Å². The summed E-state index contributed by atoms with van der Waals surface area (Å²) in [4.78, 5) is 24.1. The highest BCUT2D eigenvalue weighted by atomic mass is 16.8. The number of ether oxygens (including phenoxy) is 5. The van der Waals surface area contributed by atoms with Crippen molar-refractivity contribution in [3.8, 4) is 0 Å². The number of hydrogen-bond donors (Lipinski definition) is 0. The van der Waals surface area contributed by atoms with Crippen LogP contribution in [-0.4, -0.2) is 49.9 Å². The van der Waals surface area contributed by atoms with Gasteiger partial charge in [0.05, 0.1) is 24.0 Å². The first-order chi connectivity index (χ1) is 9.20. The number of hydrogen-bond acceptors (Lipinski definition) is 7. The molecule has 0 radical (unpaired) electrons. The zero-order valence-electron chi connectivity index (χ0n) is 10.2. The summed E-state index contributed by atoms with van der Waals surface area (Å²) < 4.78 is 25.4. The lowest BCUT2D eigenvalue weighted by molar-refractivity contribution is -0.167. The van der Waals surface area contributed by atoms with Gasteiger partial charge in [0.1, 0.15) is 13.2 Å². The molecule has 104 valence electrons. The van der Waals surface area contributed by atoms with Gasteiger partial charge in [0.25, 0.3) is 0 Å². The molecule has 0 aromatic heterocycles. The number of fused-ring (bicyclic) bond motifs is 1. The van der Waals surface area contributed by atoms with Gasteiger partial charge in [-0.15, -0.1) is 0 Å². The summed E-state index contributed by atoms with van der Waals surface area (Å²) in [5.74, 6) is -1.79. The van der Waals surface area contributed by atoms with Crippen molar-refractivity contribution in [3.05, 3.63) is 0 Å². The Balaban J connectivity index is 1.44. The first-order valence-corrected chi connectivity index (χ1v) is 6.50. The summed E-state index contributed by atoms with van der Waals surface area (Å²) in [5.41, 5.74) is 0. The lowest BCUT2D eigenvalue weighted by Gasteiger charge is -2.25. The number of carbonyl (C=O) groups excluding carboxylic acids is 2. The van der Waals surface area contributed by atoms with Crippen LogP contribution >= 0.6 is 0 Å². The third-order valence-electron chi connectivity index (χ3n) is 3.85. The summed E-state index contributed by atoms with van der Waals surface area (Å²) in [7, 11) is 0.